The molecule has 1 aliphatic rings. The molecule has 1 amide bonds. The van der Waals surface area contributed by atoms with Gasteiger partial charge in [0.25, 0.3) is 0 Å². The van der Waals surface area contributed by atoms with Gasteiger partial charge in [-0.15, -0.1) is 0 Å². The van der Waals surface area contributed by atoms with Crippen LogP contribution in [0, 0.1) is 5.92 Å². The molecule has 0 aromatic rings. The summed E-state index contributed by atoms with van der Waals surface area (Å²) in [5.41, 5.74) is 0. The molecule has 1 heterocycles. The fraction of sp³-hybridized carbons (Fsp3) is 0.917. The van der Waals surface area contributed by atoms with Gasteiger partial charge in [0, 0.05) is 13.2 Å². The number of nitrogens with one attached hydrogen (secondary N) is 1. The summed E-state index contributed by atoms with van der Waals surface area (Å²) in [5.74, 6) is 0.414. The van der Waals surface area contributed by atoms with E-state index in [0.717, 1.165) is 26.0 Å². The van der Waals surface area contributed by atoms with E-state index in [2.05, 4.69) is 21.2 Å². The van der Waals surface area contributed by atoms with Gasteiger partial charge in [-0.05, 0) is 31.6 Å². The van der Waals surface area contributed by atoms with Crippen molar-refractivity contribution in [1.82, 2.24) is 5.32 Å². The summed E-state index contributed by atoms with van der Waals surface area (Å²) in [4.78, 5) is 11.5. The maximum atomic E-state index is 11.6. The highest BCUT2D eigenvalue weighted by Gasteiger charge is 2.19. The second-order valence-electron chi connectivity index (χ2n) is 4.71. The highest BCUT2D eigenvalue weighted by Crippen LogP contribution is 2.15. The first-order valence-electron chi connectivity index (χ1n) is 6.14. The van der Waals surface area contributed by atoms with Gasteiger partial charge in [0.2, 0.25) is 5.91 Å². The maximum absolute atomic E-state index is 11.6. The number of hydrogen-bond donors (Lipinski definition) is 1. The third kappa shape index (κ3) is 4.83. The highest BCUT2D eigenvalue weighted by molar-refractivity contribution is 9.10. The van der Waals surface area contributed by atoms with Gasteiger partial charge in [-0.25, -0.2) is 0 Å². The van der Waals surface area contributed by atoms with Gasteiger partial charge in [0.1, 0.15) is 0 Å². The molecule has 0 aromatic carbocycles. The van der Waals surface area contributed by atoms with Crippen LogP contribution in [0.15, 0.2) is 0 Å². The van der Waals surface area contributed by atoms with E-state index >= 15 is 0 Å². The van der Waals surface area contributed by atoms with Gasteiger partial charge in [0.15, 0.2) is 0 Å². The van der Waals surface area contributed by atoms with Crippen molar-refractivity contribution in [3.05, 3.63) is 0 Å². The Morgan fingerprint density at radius 3 is 2.81 bits per heavy atom. The lowest BCUT2D eigenvalue weighted by molar-refractivity contribution is -0.121. The number of carbonyl (C=O) groups is 1. The highest BCUT2D eigenvalue weighted by atomic mass is 79.9. The summed E-state index contributed by atoms with van der Waals surface area (Å²) < 4.78 is 5.60. The van der Waals surface area contributed by atoms with Crippen LogP contribution in [0.3, 0.4) is 0 Å². The largest absolute Gasteiger partial charge is 0.378 e. The molecule has 1 aliphatic heterocycles. The van der Waals surface area contributed by atoms with Crippen molar-refractivity contribution >= 4 is 21.8 Å². The zero-order chi connectivity index (χ0) is 12.0. The van der Waals surface area contributed by atoms with Gasteiger partial charge < -0.3 is 10.1 Å². The topological polar surface area (TPSA) is 38.3 Å². The lowest BCUT2D eigenvalue weighted by Gasteiger charge is -2.23. The van der Waals surface area contributed by atoms with Gasteiger partial charge in [-0.2, -0.15) is 0 Å². The van der Waals surface area contributed by atoms with Crippen molar-refractivity contribution in [3.8, 4) is 0 Å². The Kier molecular flexibility index (Phi) is 6.36. The molecule has 0 aliphatic carbocycles. The summed E-state index contributed by atoms with van der Waals surface area (Å²) in [6.07, 6.45) is 4.86. The third-order valence-electron chi connectivity index (χ3n) is 2.88. The van der Waals surface area contributed by atoms with Crippen LogP contribution in [0.2, 0.25) is 0 Å². The van der Waals surface area contributed by atoms with E-state index in [0.29, 0.717) is 12.0 Å². The Balaban J connectivity index is 2.12. The molecule has 16 heavy (non-hydrogen) atoms. The van der Waals surface area contributed by atoms with Crippen molar-refractivity contribution in [3.63, 3.8) is 0 Å². The number of amides is 1. The number of halogens is 1. The van der Waals surface area contributed by atoms with Crippen LogP contribution in [0.5, 0.6) is 0 Å². The van der Waals surface area contributed by atoms with Gasteiger partial charge in [0.05, 0.1) is 10.9 Å². The fourth-order valence-corrected chi connectivity index (χ4v) is 1.95. The van der Waals surface area contributed by atoms with Crippen molar-refractivity contribution in [2.24, 2.45) is 5.92 Å². The minimum atomic E-state index is -0.0835. The Labute approximate surface area is 106 Å². The molecule has 4 heteroatoms. The van der Waals surface area contributed by atoms with E-state index in [1.165, 1.54) is 12.8 Å². The predicted octanol–water partition coefficient (Wildman–Crippen LogP) is 2.48. The van der Waals surface area contributed by atoms with Crippen LogP contribution >= 0.6 is 15.9 Å². The smallest absolute Gasteiger partial charge is 0.234 e. The summed E-state index contributed by atoms with van der Waals surface area (Å²) >= 11 is 3.39. The second kappa shape index (κ2) is 7.28. The minimum absolute atomic E-state index is 0.0835. The van der Waals surface area contributed by atoms with Crippen LogP contribution in [-0.4, -0.2) is 30.0 Å². The number of carbonyl (C=O) groups excluding carboxylic acids is 1. The molecule has 1 rings (SSSR count). The van der Waals surface area contributed by atoms with Crippen LogP contribution in [0.1, 0.15) is 39.5 Å². The first kappa shape index (κ1) is 14.0. The van der Waals surface area contributed by atoms with E-state index in [-0.39, 0.29) is 10.7 Å². The second-order valence-corrected chi connectivity index (χ2v) is 5.70. The number of ether oxygens (including phenoxy) is 1. The van der Waals surface area contributed by atoms with E-state index in [1.54, 1.807) is 0 Å². The summed E-state index contributed by atoms with van der Waals surface area (Å²) in [6.45, 7) is 5.66. The molecule has 0 radical (unpaired) electrons. The normalized spacial score (nSPS) is 23.1. The maximum Gasteiger partial charge on any atom is 0.234 e. The zero-order valence-electron chi connectivity index (χ0n) is 10.2. The molecule has 94 valence electrons. The lowest BCUT2D eigenvalue weighted by atomic mass is 10.1. The quantitative estimate of drug-likeness (QED) is 0.791. The Morgan fingerprint density at radius 2 is 2.25 bits per heavy atom. The average Bonchev–Trinajstić information content (AvgIpc) is 2.29. The van der Waals surface area contributed by atoms with Crippen LogP contribution in [0.4, 0.5) is 0 Å². The third-order valence-corrected chi connectivity index (χ3v) is 4.35. The summed E-state index contributed by atoms with van der Waals surface area (Å²) in [5, 5.41) is 2.95. The van der Waals surface area contributed by atoms with Crippen LogP contribution in [0.25, 0.3) is 0 Å². The van der Waals surface area contributed by atoms with Crippen molar-refractivity contribution in [2.45, 2.75) is 50.5 Å². The Morgan fingerprint density at radius 1 is 1.50 bits per heavy atom. The number of hydrogen-bond acceptors (Lipinski definition) is 2. The Bertz CT molecular complexity index is 215. The van der Waals surface area contributed by atoms with Crippen molar-refractivity contribution in [2.75, 3.05) is 13.2 Å². The van der Waals surface area contributed by atoms with Crippen LogP contribution < -0.4 is 5.32 Å². The number of rotatable bonds is 5. The zero-order valence-corrected chi connectivity index (χ0v) is 11.8. The molecular weight excluding hydrogens is 270 g/mol. The van der Waals surface area contributed by atoms with E-state index in [4.69, 9.17) is 4.74 Å². The SMILES string of the molecule is CC(C)C(Br)C(=O)NCCC1CCCCO1. The molecular formula is C12H22BrNO2. The lowest BCUT2D eigenvalue weighted by Crippen LogP contribution is -2.36. The molecule has 0 aromatic heterocycles. The van der Waals surface area contributed by atoms with Gasteiger partial charge in [-0.1, -0.05) is 29.8 Å². The standard InChI is InChI=1S/C12H22BrNO2/c1-9(2)11(13)12(15)14-7-6-10-5-3-4-8-16-10/h9-11H,3-8H2,1-2H3,(H,14,15). The molecule has 2 unspecified atom stereocenters. The van der Waals surface area contributed by atoms with E-state index in [1.807, 2.05) is 13.8 Å². The average molecular weight is 292 g/mol. The molecule has 1 saturated heterocycles. The summed E-state index contributed by atoms with van der Waals surface area (Å²) in [6, 6.07) is 0. The van der Waals surface area contributed by atoms with E-state index < -0.39 is 0 Å². The van der Waals surface area contributed by atoms with Gasteiger partial charge in [-0.3, -0.25) is 4.79 Å². The fourth-order valence-electron chi connectivity index (χ4n) is 1.79. The van der Waals surface area contributed by atoms with Crippen molar-refractivity contribution in [1.29, 1.82) is 0 Å². The van der Waals surface area contributed by atoms with E-state index in [9.17, 15) is 4.79 Å². The Hall–Kier alpha value is -0.0900. The van der Waals surface area contributed by atoms with Crippen molar-refractivity contribution < 1.29 is 9.53 Å². The van der Waals surface area contributed by atoms with Gasteiger partial charge >= 0.3 is 0 Å². The molecule has 3 nitrogen and oxygen atoms in total. The summed E-state index contributed by atoms with van der Waals surface area (Å²) in [7, 11) is 0. The molecule has 1 N–H and O–H groups in total. The minimum Gasteiger partial charge on any atom is -0.378 e. The monoisotopic (exact) mass is 291 g/mol. The molecule has 2 atom stereocenters. The molecule has 0 spiro atoms. The molecule has 0 saturated carbocycles. The first-order valence-corrected chi connectivity index (χ1v) is 7.06. The van der Waals surface area contributed by atoms with Crippen LogP contribution in [-0.2, 0) is 9.53 Å². The predicted molar refractivity (Wildman–Crippen MR) is 68.8 cm³/mol. The molecule has 0 bridgehead atoms. The first-order chi connectivity index (χ1) is 7.61. The molecule has 1 fully saturated rings. The number of alkyl halides is 1.